The average molecular weight is 375 g/mol. The predicted molar refractivity (Wildman–Crippen MR) is 110 cm³/mol. The second kappa shape index (κ2) is 10.4. The van der Waals surface area contributed by atoms with Crippen molar-refractivity contribution in [1.29, 1.82) is 0 Å². The summed E-state index contributed by atoms with van der Waals surface area (Å²) in [5, 5.41) is 0. The predicted octanol–water partition coefficient (Wildman–Crippen LogP) is 7.87. The quantitative estimate of drug-likeness (QED) is 0.426. The van der Waals surface area contributed by atoms with E-state index in [9.17, 15) is 8.78 Å². The lowest BCUT2D eigenvalue weighted by molar-refractivity contribution is 0.152. The Bertz CT molecular complexity index is 590. The highest BCUT2D eigenvalue weighted by molar-refractivity contribution is 5.17. The molecule has 3 rings (SSSR count). The fourth-order valence-electron chi connectivity index (χ4n) is 5.28. The minimum Gasteiger partial charge on any atom is -0.204 e. The van der Waals surface area contributed by atoms with Crippen LogP contribution in [-0.2, 0) is 6.42 Å². The third-order valence-corrected chi connectivity index (χ3v) is 7.06. The Kier molecular flexibility index (Phi) is 7.91. The summed E-state index contributed by atoms with van der Waals surface area (Å²) < 4.78 is 26.4. The first-order valence-corrected chi connectivity index (χ1v) is 11.3. The zero-order valence-electron chi connectivity index (χ0n) is 16.9. The van der Waals surface area contributed by atoms with Gasteiger partial charge < -0.3 is 0 Å². The van der Waals surface area contributed by atoms with Crippen molar-refractivity contribution < 1.29 is 8.78 Å². The summed E-state index contributed by atoms with van der Waals surface area (Å²) >= 11 is 0. The van der Waals surface area contributed by atoms with Gasteiger partial charge in [0, 0.05) is 0 Å². The first-order chi connectivity index (χ1) is 13.2. The van der Waals surface area contributed by atoms with Crippen LogP contribution in [0.1, 0.15) is 83.1 Å². The van der Waals surface area contributed by atoms with Gasteiger partial charge in [-0.15, -0.1) is 0 Å². The third-order valence-electron chi connectivity index (χ3n) is 7.06. The highest BCUT2D eigenvalue weighted by Gasteiger charge is 2.30. The van der Waals surface area contributed by atoms with Gasteiger partial charge in [0.25, 0.3) is 0 Å². The van der Waals surface area contributed by atoms with Gasteiger partial charge in [0.15, 0.2) is 11.6 Å². The maximum atomic E-state index is 13.3. The summed E-state index contributed by atoms with van der Waals surface area (Å²) in [5.74, 6) is 2.03. The Morgan fingerprint density at radius 2 is 1.56 bits per heavy atom. The lowest BCUT2D eigenvalue weighted by atomic mass is 9.68. The molecule has 0 unspecified atom stereocenters. The van der Waals surface area contributed by atoms with Gasteiger partial charge in [0.05, 0.1) is 0 Å². The minimum atomic E-state index is -0.741. The number of hydrogen-bond donors (Lipinski definition) is 0. The van der Waals surface area contributed by atoms with Gasteiger partial charge in [0.2, 0.25) is 0 Å². The van der Waals surface area contributed by atoms with Gasteiger partial charge >= 0.3 is 0 Å². The molecule has 2 aliphatic carbocycles. The van der Waals surface area contributed by atoms with E-state index < -0.39 is 11.6 Å². The number of rotatable bonds is 7. The van der Waals surface area contributed by atoms with Crippen LogP contribution in [0.4, 0.5) is 8.78 Å². The van der Waals surface area contributed by atoms with Gasteiger partial charge in [-0.3, -0.25) is 0 Å². The smallest absolute Gasteiger partial charge is 0.159 e. The minimum absolute atomic E-state index is 0.712. The highest BCUT2D eigenvalue weighted by atomic mass is 19.2. The van der Waals surface area contributed by atoms with Crippen LogP contribution in [0.3, 0.4) is 0 Å². The zero-order valence-corrected chi connectivity index (χ0v) is 16.9. The SMILES string of the molecule is CCCC=CC1CCC(C2CCC(CCc3ccc(F)c(F)c3)CC2)CC1. The number of allylic oxidation sites excluding steroid dienone is 2. The van der Waals surface area contributed by atoms with E-state index in [1.165, 1.54) is 76.3 Å². The first-order valence-electron chi connectivity index (χ1n) is 11.3. The summed E-state index contributed by atoms with van der Waals surface area (Å²) in [6.07, 6.45) is 20.4. The van der Waals surface area contributed by atoms with Crippen molar-refractivity contribution in [3.05, 3.63) is 47.5 Å². The molecule has 0 amide bonds. The van der Waals surface area contributed by atoms with Crippen LogP contribution in [0, 0.1) is 35.3 Å². The molecule has 2 fully saturated rings. The molecule has 0 atom stereocenters. The van der Waals surface area contributed by atoms with Gasteiger partial charge in [0.1, 0.15) is 0 Å². The van der Waals surface area contributed by atoms with Crippen molar-refractivity contribution in [3.8, 4) is 0 Å². The van der Waals surface area contributed by atoms with Crippen molar-refractivity contribution in [1.82, 2.24) is 0 Å². The number of hydrogen-bond acceptors (Lipinski definition) is 0. The van der Waals surface area contributed by atoms with Crippen LogP contribution in [0.5, 0.6) is 0 Å². The van der Waals surface area contributed by atoms with Crippen LogP contribution in [-0.4, -0.2) is 0 Å². The van der Waals surface area contributed by atoms with Crippen LogP contribution in [0.2, 0.25) is 0 Å². The molecular formula is C25H36F2. The largest absolute Gasteiger partial charge is 0.204 e. The first kappa shape index (κ1) is 20.6. The average Bonchev–Trinajstić information content (AvgIpc) is 2.70. The number of benzene rings is 1. The van der Waals surface area contributed by atoms with E-state index in [0.29, 0.717) is 0 Å². The zero-order chi connectivity index (χ0) is 19.1. The van der Waals surface area contributed by atoms with Gasteiger partial charge in [-0.25, -0.2) is 8.78 Å². The van der Waals surface area contributed by atoms with Crippen molar-refractivity contribution in [2.45, 2.75) is 84.0 Å². The maximum absolute atomic E-state index is 13.3. The van der Waals surface area contributed by atoms with Crippen LogP contribution in [0.25, 0.3) is 0 Å². The molecular weight excluding hydrogens is 338 g/mol. The Morgan fingerprint density at radius 1 is 0.889 bits per heavy atom. The van der Waals surface area contributed by atoms with Crippen LogP contribution in [0.15, 0.2) is 30.4 Å². The lowest BCUT2D eigenvalue weighted by Crippen LogP contribution is -2.25. The molecule has 2 saturated carbocycles. The maximum Gasteiger partial charge on any atom is 0.159 e. The van der Waals surface area contributed by atoms with Crippen molar-refractivity contribution in [3.63, 3.8) is 0 Å². The summed E-state index contributed by atoms with van der Waals surface area (Å²) in [6, 6.07) is 4.36. The topological polar surface area (TPSA) is 0 Å². The molecule has 150 valence electrons. The molecule has 0 aromatic heterocycles. The number of halogens is 2. The summed E-state index contributed by atoms with van der Waals surface area (Å²) in [4.78, 5) is 0. The molecule has 0 spiro atoms. The Hall–Kier alpha value is -1.18. The molecule has 0 aliphatic heterocycles. The van der Waals surface area contributed by atoms with E-state index in [4.69, 9.17) is 0 Å². The van der Waals surface area contributed by atoms with E-state index in [1.807, 2.05) is 0 Å². The summed E-state index contributed by atoms with van der Waals surface area (Å²) in [7, 11) is 0. The Morgan fingerprint density at radius 3 is 2.19 bits per heavy atom. The summed E-state index contributed by atoms with van der Waals surface area (Å²) in [6.45, 7) is 2.25. The molecule has 0 N–H and O–H groups in total. The Labute approximate surface area is 164 Å². The van der Waals surface area contributed by atoms with Gasteiger partial charge in [-0.1, -0.05) is 44.4 Å². The van der Waals surface area contributed by atoms with Crippen LogP contribution < -0.4 is 0 Å². The van der Waals surface area contributed by atoms with Crippen molar-refractivity contribution in [2.75, 3.05) is 0 Å². The standard InChI is InChI=1S/C25H36F2/c1-2-3-4-5-19-8-13-22(14-9-19)23-15-10-20(11-16-23)6-7-21-12-17-24(26)25(27)18-21/h4-5,12,17-20,22-23H,2-3,6-11,13-16H2,1H3. The van der Waals surface area contributed by atoms with E-state index >= 15 is 0 Å². The molecule has 27 heavy (non-hydrogen) atoms. The fraction of sp³-hybridized carbons (Fsp3) is 0.680. The molecule has 0 bridgehead atoms. The van der Waals surface area contributed by atoms with Gasteiger partial charge in [-0.05, 0) is 99.2 Å². The molecule has 0 heterocycles. The van der Waals surface area contributed by atoms with Crippen molar-refractivity contribution >= 4 is 0 Å². The Balaban J connectivity index is 1.36. The van der Waals surface area contributed by atoms with Gasteiger partial charge in [-0.2, -0.15) is 0 Å². The highest BCUT2D eigenvalue weighted by Crippen LogP contribution is 2.42. The molecule has 1 aromatic rings. The van der Waals surface area contributed by atoms with E-state index in [1.54, 1.807) is 6.07 Å². The van der Waals surface area contributed by atoms with E-state index in [0.717, 1.165) is 42.1 Å². The molecule has 2 aliphatic rings. The molecule has 2 heteroatoms. The fourth-order valence-corrected chi connectivity index (χ4v) is 5.28. The molecule has 0 saturated heterocycles. The molecule has 0 nitrogen and oxygen atoms in total. The normalized spacial score (nSPS) is 29.3. The van der Waals surface area contributed by atoms with Crippen molar-refractivity contribution in [2.24, 2.45) is 23.7 Å². The summed E-state index contributed by atoms with van der Waals surface area (Å²) in [5.41, 5.74) is 0.936. The molecule has 0 radical (unpaired) electrons. The number of aryl methyl sites for hydroxylation is 1. The van der Waals surface area contributed by atoms with E-state index in [2.05, 4.69) is 19.1 Å². The molecule has 1 aromatic carbocycles. The third kappa shape index (κ3) is 6.16. The second-order valence-electron chi connectivity index (χ2n) is 8.96. The van der Waals surface area contributed by atoms with E-state index in [-0.39, 0.29) is 0 Å². The second-order valence-corrected chi connectivity index (χ2v) is 8.96. The number of unbranched alkanes of at least 4 members (excludes halogenated alkanes) is 1. The monoisotopic (exact) mass is 374 g/mol. The van der Waals surface area contributed by atoms with Crippen LogP contribution >= 0.6 is 0 Å². The lowest BCUT2D eigenvalue weighted by Gasteiger charge is -2.37.